The fourth-order valence-corrected chi connectivity index (χ4v) is 2.00. The lowest BCUT2D eigenvalue weighted by molar-refractivity contribution is -0.120. The van der Waals surface area contributed by atoms with Gasteiger partial charge < -0.3 is 36.4 Å². The molecule has 1 heterocycles. The lowest BCUT2D eigenvalue weighted by Crippen LogP contribution is -2.38. The Labute approximate surface area is 204 Å². The molecule has 0 aromatic heterocycles. The molecule has 0 saturated heterocycles. The highest BCUT2D eigenvalue weighted by molar-refractivity contribution is 5.73. The number of carbonyl (C=O) groups is 1. The molecular formula is C24H46N4O6. The molecule has 198 valence electrons. The maximum Gasteiger partial charge on any atom is 0.217 e. The molecule has 7 N–H and O–H groups in total. The van der Waals surface area contributed by atoms with Crippen LogP contribution in [-0.2, 0) is 9.53 Å². The van der Waals surface area contributed by atoms with Crippen molar-refractivity contribution < 1.29 is 24.9 Å². The molecule has 0 bridgehead atoms. The van der Waals surface area contributed by atoms with Gasteiger partial charge in [0.1, 0.15) is 12.4 Å². The minimum Gasteiger partial charge on any atom is -0.495 e. The number of aliphatic hydroxyl groups excluding tert-OH is 3. The highest BCUT2D eigenvalue weighted by Gasteiger charge is 2.15. The van der Waals surface area contributed by atoms with Gasteiger partial charge in [0.15, 0.2) is 0 Å². The molecule has 1 amide bonds. The number of nitrogens with two attached hydrogens (primary N) is 1. The summed E-state index contributed by atoms with van der Waals surface area (Å²) in [5, 5.41) is 30.3. The van der Waals surface area contributed by atoms with Crippen LogP contribution in [0.3, 0.4) is 0 Å². The summed E-state index contributed by atoms with van der Waals surface area (Å²) in [6.45, 7) is 13.0. The van der Waals surface area contributed by atoms with Crippen LogP contribution in [0.5, 0.6) is 0 Å². The Balaban J connectivity index is -0.000000193. The zero-order valence-corrected chi connectivity index (χ0v) is 21.7. The minimum absolute atomic E-state index is 0.00198. The summed E-state index contributed by atoms with van der Waals surface area (Å²) < 4.78 is 5.48. The molecule has 34 heavy (non-hydrogen) atoms. The van der Waals surface area contributed by atoms with E-state index in [2.05, 4.69) is 29.3 Å². The molecule has 1 aliphatic rings. The van der Waals surface area contributed by atoms with Gasteiger partial charge in [0.05, 0.1) is 19.6 Å². The summed E-state index contributed by atoms with van der Waals surface area (Å²) >= 11 is 0. The zero-order chi connectivity index (χ0) is 27.4. The van der Waals surface area contributed by atoms with Crippen molar-refractivity contribution in [2.75, 3.05) is 46.7 Å². The topological polar surface area (TPSA) is 166 Å². The monoisotopic (exact) mass is 486 g/mol. The summed E-state index contributed by atoms with van der Waals surface area (Å²) in [5.74, 6) is 0.982. The van der Waals surface area contributed by atoms with Crippen LogP contribution in [-0.4, -0.2) is 74.3 Å². The lowest BCUT2D eigenvalue weighted by atomic mass is 10.1. The van der Waals surface area contributed by atoms with E-state index in [1.807, 2.05) is 30.3 Å². The number of hydrogen-bond donors (Lipinski definition) is 6. The number of likely N-dealkylation sites (N-methyl/N-ethyl adjacent to an activating group) is 1. The van der Waals surface area contributed by atoms with E-state index in [9.17, 15) is 4.79 Å². The standard InChI is InChI=1S/C10H18N2O2.C8H9N.C3H8O.CH3NO.2CH4O/c1-3-11-6-10-5-4-9(7-14-10)12-8(2)13;1-2-7-3-5-8(9)6-4-7;1-3(2)4;1-2-3;2*1-2/h5,9,11H,3-4,6-7H2,1-2H3,(H,12,13);2-6H,1,9H2;3-4H,1-2H3;1H3;2*2H,1H3/t9-;;;;;/m1...../s1. The van der Waals surface area contributed by atoms with E-state index in [4.69, 9.17) is 30.7 Å². The van der Waals surface area contributed by atoms with Crippen LogP contribution in [0.15, 0.2) is 47.9 Å². The number of nitrogens with one attached hydrogen (secondary N) is 2. The Morgan fingerprint density at radius 3 is 2.06 bits per heavy atom. The number of rotatable bonds is 5. The number of benzene rings is 1. The van der Waals surface area contributed by atoms with Gasteiger partial charge in [0.2, 0.25) is 5.91 Å². The molecule has 1 aromatic rings. The average Bonchev–Trinajstić information content (AvgIpc) is 2.82. The molecule has 0 aliphatic carbocycles. The van der Waals surface area contributed by atoms with Crippen LogP contribution in [0, 0.1) is 4.91 Å². The molecule has 10 nitrogen and oxygen atoms in total. The fourth-order valence-electron chi connectivity index (χ4n) is 2.00. The first kappa shape index (κ1) is 38.5. The predicted molar refractivity (Wildman–Crippen MR) is 141 cm³/mol. The van der Waals surface area contributed by atoms with E-state index in [0.29, 0.717) is 6.61 Å². The Bertz CT molecular complexity index is 620. The smallest absolute Gasteiger partial charge is 0.217 e. The van der Waals surface area contributed by atoms with Crippen LogP contribution in [0.4, 0.5) is 5.69 Å². The summed E-state index contributed by atoms with van der Waals surface area (Å²) in [6, 6.07) is 7.72. The third-order valence-corrected chi connectivity index (χ3v) is 3.23. The Morgan fingerprint density at radius 2 is 1.74 bits per heavy atom. The molecule has 0 radical (unpaired) electrons. The first-order valence-electron chi connectivity index (χ1n) is 10.8. The van der Waals surface area contributed by atoms with Gasteiger partial charge in [-0.1, -0.05) is 36.9 Å². The van der Waals surface area contributed by atoms with Gasteiger partial charge in [0.25, 0.3) is 0 Å². The summed E-state index contributed by atoms with van der Waals surface area (Å²) in [6.07, 6.45) is 4.52. The first-order valence-corrected chi connectivity index (χ1v) is 10.8. The summed E-state index contributed by atoms with van der Waals surface area (Å²) in [4.78, 5) is 19.3. The number of hydrogen-bond acceptors (Lipinski definition) is 9. The fraction of sp³-hybridized carbons (Fsp3) is 0.542. The molecule has 0 fully saturated rings. The number of nitrogens with zero attached hydrogens (tertiary/aromatic N) is 1. The normalized spacial score (nSPS) is 12.8. The Kier molecular flexibility index (Phi) is 34.2. The van der Waals surface area contributed by atoms with E-state index in [-0.39, 0.29) is 18.1 Å². The van der Waals surface area contributed by atoms with E-state index < -0.39 is 0 Å². The first-order chi connectivity index (χ1) is 16.2. The van der Waals surface area contributed by atoms with Crippen molar-refractivity contribution in [2.45, 2.75) is 46.3 Å². The van der Waals surface area contributed by atoms with Gasteiger partial charge in [-0.05, 0) is 50.6 Å². The van der Waals surface area contributed by atoms with Gasteiger partial charge in [-0.25, -0.2) is 0 Å². The lowest BCUT2D eigenvalue weighted by Gasteiger charge is -2.23. The maximum absolute atomic E-state index is 10.8. The van der Waals surface area contributed by atoms with E-state index in [0.717, 1.165) is 50.7 Å². The molecule has 1 atom stereocenters. The average molecular weight is 487 g/mol. The SMILES string of the molecule is C=Cc1ccc(N)cc1.CC(C)O.CCNCC1=CC[C@@H](NC(C)=O)CO1.CN=O.CO.CO. The molecule has 1 aliphatic heterocycles. The van der Waals surface area contributed by atoms with Crippen molar-refractivity contribution in [2.24, 2.45) is 5.18 Å². The number of ether oxygens (including phenoxy) is 1. The maximum atomic E-state index is 10.8. The van der Waals surface area contributed by atoms with Crippen molar-refractivity contribution in [3.63, 3.8) is 0 Å². The number of amides is 1. The van der Waals surface area contributed by atoms with Crippen molar-refractivity contribution in [3.8, 4) is 0 Å². The van der Waals surface area contributed by atoms with Crippen LogP contribution in [0.2, 0.25) is 0 Å². The molecule has 0 unspecified atom stereocenters. The second-order valence-electron chi connectivity index (χ2n) is 6.54. The minimum atomic E-state index is -0.167. The number of aliphatic hydroxyl groups is 3. The van der Waals surface area contributed by atoms with Crippen molar-refractivity contribution in [1.82, 2.24) is 10.6 Å². The van der Waals surface area contributed by atoms with E-state index in [1.54, 1.807) is 19.9 Å². The van der Waals surface area contributed by atoms with Crippen LogP contribution >= 0.6 is 0 Å². The second kappa shape index (κ2) is 30.2. The summed E-state index contributed by atoms with van der Waals surface area (Å²) in [7, 11) is 3.19. The third kappa shape index (κ3) is 31.4. The molecule has 0 saturated carbocycles. The van der Waals surface area contributed by atoms with Crippen molar-refractivity contribution in [1.29, 1.82) is 0 Å². The van der Waals surface area contributed by atoms with Gasteiger partial charge in [-0.3, -0.25) is 4.79 Å². The molecule has 1 aromatic carbocycles. The highest BCUT2D eigenvalue weighted by Crippen LogP contribution is 2.09. The highest BCUT2D eigenvalue weighted by atomic mass is 16.5. The zero-order valence-electron chi connectivity index (χ0n) is 21.7. The number of carbonyl (C=O) groups excluding carboxylic acids is 1. The number of nitroso groups, excluding NO2 is 1. The predicted octanol–water partition coefficient (Wildman–Crippen LogP) is 2.30. The molecular weight excluding hydrogens is 440 g/mol. The largest absolute Gasteiger partial charge is 0.495 e. The van der Waals surface area contributed by atoms with E-state index >= 15 is 0 Å². The number of nitrogen functional groups attached to an aromatic ring is 1. The van der Waals surface area contributed by atoms with E-state index in [1.165, 1.54) is 14.0 Å². The Morgan fingerprint density at radius 1 is 1.26 bits per heavy atom. The second-order valence-corrected chi connectivity index (χ2v) is 6.54. The van der Waals surface area contributed by atoms with Gasteiger partial charge in [-0.15, -0.1) is 0 Å². The van der Waals surface area contributed by atoms with Gasteiger partial charge >= 0.3 is 0 Å². The van der Waals surface area contributed by atoms with Crippen molar-refractivity contribution >= 4 is 17.7 Å². The Hall–Kier alpha value is -2.79. The molecule has 0 spiro atoms. The third-order valence-electron chi connectivity index (χ3n) is 3.23. The quantitative estimate of drug-likeness (QED) is 0.272. The molecule has 2 rings (SSSR count). The molecule has 10 heteroatoms. The van der Waals surface area contributed by atoms with Gasteiger partial charge in [-0.2, -0.15) is 4.91 Å². The summed E-state index contributed by atoms with van der Waals surface area (Å²) in [5.41, 5.74) is 7.34. The number of anilines is 1. The van der Waals surface area contributed by atoms with Crippen molar-refractivity contribution in [3.05, 3.63) is 53.2 Å². The van der Waals surface area contributed by atoms with Crippen LogP contribution < -0.4 is 16.4 Å². The van der Waals surface area contributed by atoms with Gasteiger partial charge in [0, 0.05) is 32.9 Å². The van der Waals surface area contributed by atoms with Crippen LogP contribution in [0.25, 0.3) is 6.08 Å². The van der Waals surface area contributed by atoms with Crippen LogP contribution in [0.1, 0.15) is 39.7 Å².